The second-order valence-corrected chi connectivity index (χ2v) is 4.04. The minimum Gasteiger partial charge on any atom is -0.439 e. The summed E-state index contributed by atoms with van der Waals surface area (Å²) in [6, 6.07) is 11.1. The number of halogens is 1. The summed E-state index contributed by atoms with van der Waals surface area (Å²) in [6.07, 6.45) is 0.388. The first-order valence-corrected chi connectivity index (χ1v) is 5.70. The maximum atomic E-state index is 8.57. The topological polar surface area (TPSA) is 58.8 Å². The molecule has 0 N–H and O–H groups in total. The minimum absolute atomic E-state index is 0.158. The van der Waals surface area contributed by atoms with Crippen molar-refractivity contribution in [1.29, 1.82) is 5.26 Å². The van der Waals surface area contributed by atoms with E-state index in [-0.39, 0.29) is 5.28 Å². The maximum absolute atomic E-state index is 8.57. The summed E-state index contributed by atoms with van der Waals surface area (Å²) in [7, 11) is 0. The average molecular weight is 260 g/mol. The highest BCUT2D eigenvalue weighted by Gasteiger charge is 2.03. The molecule has 0 atom stereocenters. The monoisotopic (exact) mass is 259 g/mol. The Labute approximate surface area is 110 Å². The zero-order valence-electron chi connectivity index (χ0n) is 9.72. The fraction of sp³-hybridized carbons (Fsp3) is 0.154. The molecule has 1 aromatic heterocycles. The highest BCUT2D eigenvalue weighted by Crippen LogP contribution is 2.21. The number of aromatic nitrogens is 2. The van der Waals surface area contributed by atoms with Gasteiger partial charge in [0.15, 0.2) is 0 Å². The minimum atomic E-state index is 0.158. The first kappa shape index (κ1) is 12.3. The van der Waals surface area contributed by atoms with Crippen molar-refractivity contribution in [2.45, 2.75) is 13.3 Å². The van der Waals surface area contributed by atoms with Gasteiger partial charge in [-0.05, 0) is 36.2 Å². The number of ether oxygens (including phenoxy) is 1. The van der Waals surface area contributed by atoms with E-state index < -0.39 is 0 Å². The van der Waals surface area contributed by atoms with Gasteiger partial charge in [-0.25, -0.2) is 4.98 Å². The van der Waals surface area contributed by atoms with Crippen LogP contribution in [0.2, 0.25) is 5.28 Å². The van der Waals surface area contributed by atoms with Crippen LogP contribution in [-0.4, -0.2) is 9.97 Å². The number of hydrogen-bond acceptors (Lipinski definition) is 4. The standard InChI is InChI=1S/C13H10ClN3O/c1-9-8-12(17-13(14)16-9)18-11-4-2-10(3-5-11)6-7-15/h2-5,8H,6H2,1H3. The molecule has 0 amide bonds. The van der Waals surface area contributed by atoms with Crippen molar-refractivity contribution < 1.29 is 4.74 Å². The van der Waals surface area contributed by atoms with Crippen molar-refractivity contribution in [3.05, 3.63) is 46.9 Å². The van der Waals surface area contributed by atoms with E-state index in [0.717, 1.165) is 11.3 Å². The highest BCUT2D eigenvalue weighted by molar-refractivity contribution is 6.28. The Hall–Kier alpha value is -2.12. The predicted octanol–water partition coefficient (Wildman–Crippen LogP) is 3.30. The van der Waals surface area contributed by atoms with Crippen LogP contribution in [0, 0.1) is 18.3 Å². The van der Waals surface area contributed by atoms with E-state index in [2.05, 4.69) is 16.0 Å². The molecular formula is C13H10ClN3O. The van der Waals surface area contributed by atoms with E-state index in [1.165, 1.54) is 0 Å². The molecule has 2 rings (SSSR count). The van der Waals surface area contributed by atoms with Crippen LogP contribution in [0.5, 0.6) is 11.6 Å². The van der Waals surface area contributed by atoms with Gasteiger partial charge in [-0.1, -0.05) is 12.1 Å². The number of hydrogen-bond donors (Lipinski definition) is 0. The van der Waals surface area contributed by atoms with Crippen LogP contribution >= 0.6 is 11.6 Å². The van der Waals surface area contributed by atoms with Crippen molar-refractivity contribution in [1.82, 2.24) is 9.97 Å². The Balaban J connectivity index is 2.16. The lowest BCUT2D eigenvalue weighted by atomic mass is 10.2. The van der Waals surface area contributed by atoms with Gasteiger partial charge in [0.2, 0.25) is 11.2 Å². The van der Waals surface area contributed by atoms with Gasteiger partial charge in [-0.3, -0.25) is 0 Å². The Kier molecular flexibility index (Phi) is 3.75. The van der Waals surface area contributed by atoms with Crippen LogP contribution in [-0.2, 0) is 6.42 Å². The van der Waals surface area contributed by atoms with Crippen molar-refractivity contribution in [2.24, 2.45) is 0 Å². The van der Waals surface area contributed by atoms with E-state index in [1.54, 1.807) is 18.2 Å². The van der Waals surface area contributed by atoms with Crippen molar-refractivity contribution in [2.75, 3.05) is 0 Å². The third-order valence-electron chi connectivity index (χ3n) is 2.23. The first-order valence-electron chi connectivity index (χ1n) is 5.32. The van der Waals surface area contributed by atoms with Gasteiger partial charge in [-0.15, -0.1) is 0 Å². The zero-order chi connectivity index (χ0) is 13.0. The third kappa shape index (κ3) is 3.19. The van der Waals surface area contributed by atoms with Gasteiger partial charge in [0, 0.05) is 11.8 Å². The molecule has 0 aliphatic heterocycles. The lowest BCUT2D eigenvalue weighted by Gasteiger charge is -2.05. The molecule has 1 heterocycles. The van der Waals surface area contributed by atoms with Gasteiger partial charge in [0.05, 0.1) is 12.5 Å². The summed E-state index contributed by atoms with van der Waals surface area (Å²) in [4.78, 5) is 7.92. The lowest BCUT2D eigenvalue weighted by Crippen LogP contribution is -1.92. The average Bonchev–Trinajstić information content (AvgIpc) is 2.31. The fourth-order valence-electron chi connectivity index (χ4n) is 1.44. The quantitative estimate of drug-likeness (QED) is 0.794. The summed E-state index contributed by atoms with van der Waals surface area (Å²) < 4.78 is 5.55. The van der Waals surface area contributed by atoms with E-state index in [1.807, 2.05) is 19.1 Å². The molecule has 0 bridgehead atoms. The molecule has 4 nitrogen and oxygen atoms in total. The molecule has 0 aliphatic carbocycles. The second kappa shape index (κ2) is 5.48. The zero-order valence-corrected chi connectivity index (χ0v) is 10.5. The smallest absolute Gasteiger partial charge is 0.225 e. The van der Waals surface area contributed by atoms with Gasteiger partial charge < -0.3 is 4.74 Å². The molecule has 0 saturated carbocycles. The molecule has 90 valence electrons. The number of nitrogens with zero attached hydrogens (tertiary/aromatic N) is 3. The first-order chi connectivity index (χ1) is 8.67. The van der Waals surface area contributed by atoms with E-state index in [4.69, 9.17) is 21.6 Å². The van der Waals surface area contributed by atoms with E-state index in [0.29, 0.717) is 18.1 Å². The second-order valence-electron chi connectivity index (χ2n) is 3.70. The Morgan fingerprint density at radius 1 is 1.28 bits per heavy atom. The Morgan fingerprint density at radius 3 is 2.61 bits per heavy atom. The van der Waals surface area contributed by atoms with E-state index >= 15 is 0 Å². The normalized spacial score (nSPS) is 9.83. The molecule has 0 fully saturated rings. The van der Waals surface area contributed by atoms with Crippen LogP contribution in [0.3, 0.4) is 0 Å². The third-order valence-corrected chi connectivity index (χ3v) is 2.40. The summed E-state index contributed by atoms with van der Waals surface area (Å²) in [5.74, 6) is 1.05. The molecule has 0 saturated heterocycles. The molecule has 0 radical (unpaired) electrons. The fourth-order valence-corrected chi connectivity index (χ4v) is 1.66. The van der Waals surface area contributed by atoms with Crippen molar-refractivity contribution >= 4 is 11.6 Å². The van der Waals surface area contributed by atoms with Crippen LogP contribution in [0.4, 0.5) is 0 Å². The Bertz CT molecular complexity index is 570. The van der Waals surface area contributed by atoms with Gasteiger partial charge in [0.25, 0.3) is 0 Å². The van der Waals surface area contributed by atoms with Crippen LogP contribution in [0.15, 0.2) is 30.3 Å². The lowest BCUT2D eigenvalue weighted by molar-refractivity contribution is 0.460. The Morgan fingerprint density at radius 2 is 2.00 bits per heavy atom. The number of benzene rings is 1. The summed E-state index contributed by atoms with van der Waals surface area (Å²) in [5, 5.41) is 8.73. The maximum Gasteiger partial charge on any atom is 0.225 e. The number of nitriles is 1. The van der Waals surface area contributed by atoms with E-state index in [9.17, 15) is 0 Å². The number of rotatable bonds is 3. The molecule has 5 heteroatoms. The molecule has 0 unspecified atom stereocenters. The largest absolute Gasteiger partial charge is 0.439 e. The van der Waals surface area contributed by atoms with Crippen LogP contribution < -0.4 is 4.74 Å². The molecule has 2 aromatic rings. The van der Waals surface area contributed by atoms with Gasteiger partial charge in [-0.2, -0.15) is 10.2 Å². The predicted molar refractivity (Wildman–Crippen MR) is 67.6 cm³/mol. The van der Waals surface area contributed by atoms with Crippen molar-refractivity contribution in [3.8, 4) is 17.7 Å². The van der Waals surface area contributed by atoms with Gasteiger partial charge in [0.1, 0.15) is 5.75 Å². The molecular weight excluding hydrogens is 250 g/mol. The highest BCUT2D eigenvalue weighted by atomic mass is 35.5. The van der Waals surface area contributed by atoms with Crippen LogP contribution in [0.25, 0.3) is 0 Å². The summed E-state index contributed by atoms with van der Waals surface area (Å²) in [5.41, 5.74) is 1.69. The van der Waals surface area contributed by atoms with Crippen molar-refractivity contribution in [3.63, 3.8) is 0 Å². The number of aryl methyl sites for hydroxylation is 1. The molecule has 1 aromatic carbocycles. The molecule has 18 heavy (non-hydrogen) atoms. The SMILES string of the molecule is Cc1cc(Oc2ccc(CC#N)cc2)nc(Cl)n1. The van der Waals surface area contributed by atoms with Crippen LogP contribution in [0.1, 0.15) is 11.3 Å². The summed E-state index contributed by atoms with van der Waals surface area (Å²) >= 11 is 5.74. The van der Waals surface area contributed by atoms with Gasteiger partial charge >= 0.3 is 0 Å². The summed E-state index contributed by atoms with van der Waals surface area (Å²) in [6.45, 7) is 1.82. The molecule has 0 spiro atoms. The molecule has 0 aliphatic rings.